The van der Waals surface area contributed by atoms with Crippen molar-refractivity contribution in [3.05, 3.63) is 17.9 Å². The zero-order valence-corrected chi connectivity index (χ0v) is 16.5. The Hall–Kier alpha value is -1.62. The Morgan fingerprint density at radius 3 is 2.31 bits per heavy atom. The second kappa shape index (κ2) is 9.36. The summed E-state index contributed by atoms with van der Waals surface area (Å²) in [6.07, 6.45) is 0. The van der Waals surface area contributed by atoms with E-state index in [0.717, 1.165) is 16.4 Å². The van der Waals surface area contributed by atoms with Gasteiger partial charge in [-0.3, -0.25) is 4.79 Å². The molecule has 0 aromatic heterocycles. The van der Waals surface area contributed by atoms with Crippen LogP contribution in [0, 0.1) is 5.82 Å². The number of likely N-dealkylation sites (N-methyl/N-ethyl adjacent to an activating group) is 1. The molecule has 1 aromatic rings. The number of benzene rings is 1. The van der Waals surface area contributed by atoms with E-state index in [-0.39, 0.29) is 36.4 Å². The maximum absolute atomic E-state index is 14.3. The summed E-state index contributed by atoms with van der Waals surface area (Å²) in [5.74, 6) is -1.13. The van der Waals surface area contributed by atoms with Gasteiger partial charge in [-0.25, -0.2) is 12.8 Å². The van der Waals surface area contributed by atoms with Crippen LogP contribution >= 0.6 is 12.4 Å². The summed E-state index contributed by atoms with van der Waals surface area (Å²) in [5, 5.41) is 3.11. The van der Waals surface area contributed by atoms with E-state index in [9.17, 15) is 17.6 Å². The number of nitrogens with zero attached hydrogens (tertiary/aromatic N) is 2. The first-order valence-corrected chi connectivity index (χ1v) is 9.11. The van der Waals surface area contributed by atoms with E-state index >= 15 is 0 Å². The number of ether oxygens (including phenoxy) is 2. The van der Waals surface area contributed by atoms with Crippen molar-refractivity contribution in [1.29, 1.82) is 0 Å². The molecule has 11 heteroatoms. The van der Waals surface area contributed by atoms with Gasteiger partial charge >= 0.3 is 0 Å². The topological polar surface area (TPSA) is 88.2 Å². The van der Waals surface area contributed by atoms with Crippen molar-refractivity contribution in [1.82, 2.24) is 14.5 Å². The molecule has 0 spiro atoms. The Morgan fingerprint density at radius 1 is 1.23 bits per heavy atom. The molecule has 1 fully saturated rings. The summed E-state index contributed by atoms with van der Waals surface area (Å²) in [6.45, 7) is 1.98. The summed E-state index contributed by atoms with van der Waals surface area (Å²) in [6, 6.07) is 1.99. The number of carbonyl (C=O) groups excluding carboxylic acids is 1. The molecule has 1 saturated heterocycles. The van der Waals surface area contributed by atoms with Gasteiger partial charge in [-0.05, 0) is 0 Å². The Kier molecular flexibility index (Phi) is 8.07. The Balaban J connectivity index is 0.00000338. The quantitative estimate of drug-likeness (QED) is 0.725. The van der Waals surface area contributed by atoms with E-state index in [2.05, 4.69) is 5.32 Å². The first-order valence-electron chi connectivity index (χ1n) is 7.67. The Bertz CT molecular complexity index is 741. The van der Waals surface area contributed by atoms with Crippen LogP contribution in [0.4, 0.5) is 4.39 Å². The molecule has 0 aliphatic carbocycles. The van der Waals surface area contributed by atoms with Crippen molar-refractivity contribution in [3.8, 4) is 11.5 Å². The molecule has 1 N–H and O–H groups in total. The number of piperazine rings is 1. The van der Waals surface area contributed by atoms with Gasteiger partial charge in [-0.1, -0.05) is 0 Å². The molecule has 0 unspecified atom stereocenters. The lowest BCUT2D eigenvalue weighted by Crippen LogP contribution is -2.49. The van der Waals surface area contributed by atoms with E-state index in [0.29, 0.717) is 26.2 Å². The second-order valence-electron chi connectivity index (χ2n) is 5.53. The zero-order chi connectivity index (χ0) is 18.6. The standard InChI is InChI=1S/C15H22FN3O5S.ClH/c1-18(10-15(20)19-6-4-17-5-7-19)25(21,22)14-9-13(24-3)12(23-2)8-11(14)16;/h8-9,17H,4-7,10H2,1-3H3;1H. The highest BCUT2D eigenvalue weighted by atomic mass is 35.5. The molecular formula is C15H23ClFN3O5S. The number of nitrogens with one attached hydrogen (secondary N) is 1. The number of hydrogen-bond donors (Lipinski definition) is 1. The van der Waals surface area contributed by atoms with Crippen LogP contribution in [0.2, 0.25) is 0 Å². The van der Waals surface area contributed by atoms with E-state index < -0.39 is 20.7 Å². The molecule has 26 heavy (non-hydrogen) atoms. The van der Waals surface area contributed by atoms with E-state index in [1.807, 2.05) is 0 Å². The van der Waals surface area contributed by atoms with Gasteiger partial charge in [0.05, 0.1) is 20.8 Å². The van der Waals surface area contributed by atoms with Crippen LogP contribution in [-0.4, -0.2) is 77.5 Å². The van der Waals surface area contributed by atoms with Crippen molar-refractivity contribution in [2.75, 3.05) is 54.0 Å². The van der Waals surface area contributed by atoms with Crippen molar-refractivity contribution in [3.63, 3.8) is 0 Å². The van der Waals surface area contributed by atoms with Crippen LogP contribution in [0.5, 0.6) is 11.5 Å². The Morgan fingerprint density at radius 2 is 1.77 bits per heavy atom. The van der Waals surface area contributed by atoms with Gasteiger partial charge in [0, 0.05) is 45.4 Å². The van der Waals surface area contributed by atoms with Gasteiger partial charge < -0.3 is 19.7 Å². The number of amides is 1. The van der Waals surface area contributed by atoms with Crippen LogP contribution in [0.3, 0.4) is 0 Å². The van der Waals surface area contributed by atoms with Crippen LogP contribution in [0.15, 0.2) is 17.0 Å². The lowest BCUT2D eigenvalue weighted by Gasteiger charge is -2.29. The third kappa shape index (κ3) is 4.76. The summed E-state index contributed by atoms with van der Waals surface area (Å²) in [7, 11) is -0.313. The molecule has 1 amide bonds. The fourth-order valence-electron chi connectivity index (χ4n) is 2.49. The van der Waals surface area contributed by atoms with Gasteiger partial charge in [0.15, 0.2) is 11.5 Å². The summed E-state index contributed by atoms with van der Waals surface area (Å²) < 4.78 is 50.4. The van der Waals surface area contributed by atoms with Crippen molar-refractivity contribution >= 4 is 28.3 Å². The van der Waals surface area contributed by atoms with Gasteiger partial charge in [0.1, 0.15) is 10.7 Å². The van der Waals surface area contributed by atoms with Gasteiger partial charge in [-0.2, -0.15) is 4.31 Å². The average Bonchev–Trinajstić information content (AvgIpc) is 2.61. The molecule has 2 rings (SSSR count). The molecule has 1 aromatic carbocycles. The normalized spacial score (nSPS) is 14.7. The highest BCUT2D eigenvalue weighted by molar-refractivity contribution is 7.89. The second-order valence-corrected chi connectivity index (χ2v) is 7.54. The highest BCUT2D eigenvalue weighted by Gasteiger charge is 2.29. The Labute approximate surface area is 158 Å². The van der Waals surface area contributed by atoms with Crippen LogP contribution in [0.25, 0.3) is 0 Å². The fraction of sp³-hybridized carbons (Fsp3) is 0.533. The van der Waals surface area contributed by atoms with Crippen molar-refractivity contribution in [2.45, 2.75) is 4.90 Å². The minimum atomic E-state index is -4.20. The molecule has 1 aliphatic rings. The first kappa shape index (κ1) is 22.4. The van der Waals surface area contributed by atoms with E-state index in [1.165, 1.54) is 21.3 Å². The monoisotopic (exact) mass is 411 g/mol. The molecule has 8 nitrogen and oxygen atoms in total. The smallest absolute Gasteiger partial charge is 0.246 e. The molecule has 148 valence electrons. The van der Waals surface area contributed by atoms with E-state index in [4.69, 9.17) is 9.47 Å². The zero-order valence-electron chi connectivity index (χ0n) is 14.8. The number of hydrogen-bond acceptors (Lipinski definition) is 6. The minimum absolute atomic E-state index is 0. The maximum atomic E-state index is 14.3. The van der Waals surface area contributed by atoms with Crippen LogP contribution in [0.1, 0.15) is 0 Å². The van der Waals surface area contributed by atoms with E-state index in [1.54, 1.807) is 4.90 Å². The molecule has 1 aliphatic heterocycles. The van der Waals surface area contributed by atoms with Crippen molar-refractivity contribution in [2.24, 2.45) is 0 Å². The highest BCUT2D eigenvalue weighted by Crippen LogP contribution is 2.32. The molecule has 0 radical (unpaired) electrons. The maximum Gasteiger partial charge on any atom is 0.246 e. The van der Waals surface area contributed by atoms with Gasteiger partial charge in [0.2, 0.25) is 15.9 Å². The third-order valence-electron chi connectivity index (χ3n) is 3.95. The SMILES string of the molecule is COc1cc(F)c(S(=O)(=O)N(C)CC(=O)N2CCNCC2)cc1OC.Cl. The molecule has 0 bridgehead atoms. The minimum Gasteiger partial charge on any atom is -0.493 e. The first-order chi connectivity index (χ1) is 11.8. The number of methoxy groups -OCH3 is 2. The average molecular weight is 412 g/mol. The van der Waals surface area contributed by atoms with Gasteiger partial charge in [0.25, 0.3) is 0 Å². The molecular weight excluding hydrogens is 389 g/mol. The predicted molar refractivity (Wildman–Crippen MR) is 96.0 cm³/mol. The number of sulfonamides is 1. The molecule has 1 heterocycles. The summed E-state index contributed by atoms with van der Waals surface area (Å²) in [5.41, 5.74) is 0. The predicted octanol–water partition coefficient (Wildman–Crippen LogP) is 0.317. The molecule has 0 saturated carbocycles. The largest absolute Gasteiger partial charge is 0.493 e. The summed E-state index contributed by atoms with van der Waals surface area (Å²) in [4.78, 5) is 13.3. The van der Waals surface area contributed by atoms with Crippen molar-refractivity contribution < 1.29 is 27.1 Å². The third-order valence-corrected chi connectivity index (χ3v) is 5.77. The number of halogens is 2. The van der Waals surface area contributed by atoms with Crippen LogP contribution < -0.4 is 14.8 Å². The van der Waals surface area contributed by atoms with Gasteiger partial charge in [-0.15, -0.1) is 12.4 Å². The fourth-order valence-corrected chi connectivity index (χ4v) is 3.67. The summed E-state index contributed by atoms with van der Waals surface area (Å²) >= 11 is 0. The lowest BCUT2D eigenvalue weighted by atomic mass is 10.3. The lowest BCUT2D eigenvalue weighted by molar-refractivity contribution is -0.131. The van der Waals surface area contributed by atoms with Crippen LogP contribution in [-0.2, 0) is 14.8 Å². The number of rotatable bonds is 6. The number of carbonyl (C=O) groups is 1. The molecule has 0 atom stereocenters.